The quantitative estimate of drug-likeness (QED) is 0.865. The third-order valence-electron chi connectivity index (χ3n) is 6.17. The van der Waals surface area contributed by atoms with Crippen molar-refractivity contribution in [2.24, 2.45) is 5.92 Å². The SMILES string of the molecule is C1=CSC2=C3C(=C4CNCC(CCc5ccccc5)C4N3C1)CCC2. The number of thioether (sulfide) groups is 1. The standard InChI is InChI=1S/C22H26N2S/c1-2-6-16(7-3-1)10-11-17-14-23-15-19-18-8-4-9-20-22(18)24(21(17)19)12-5-13-25-20/h1-3,5-7,13,17,21,23H,4,8-12,14-15H2. The number of hydrogen-bond donors (Lipinski definition) is 1. The van der Waals surface area contributed by atoms with Crippen LogP contribution < -0.4 is 5.32 Å². The van der Waals surface area contributed by atoms with Gasteiger partial charge in [-0.1, -0.05) is 36.4 Å². The molecule has 4 aliphatic rings. The molecule has 1 aromatic rings. The second-order valence-corrected chi connectivity index (χ2v) is 8.63. The molecule has 1 saturated heterocycles. The zero-order valence-corrected chi connectivity index (χ0v) is 15.5. The molecule has 2 atom stereocenters. The molecule has 3 heterocycles. The number of nitrogens with zero attached hydrogens (tertiary/aromatic N) is 1. The Morgan fingerprint density at radius 2 is 2.08 bits per heavy atom. The van der Waals surface area contributed by atoms with Crippen molar-refractivity contribution in [1.29, 1.82) is 0 Å². The topological polar surface area (TPSA) is 15.3 Å². The van der Waals surface area contributed by atoms with Gasteiger partial charge in [0.1, 0.15) is 0 Å². The van der Waals surface area contributed by atoms with Crippen molar-refractivity contribution in [3.05, 3.63) is 69.1 Å². The number of nitrogens with one attached hydrogen (secondary N) is 1. The first kappa shape index (κ1) is 15.8. The van der Waals surface area contributed by atoms with Crippen LogP contribution in [-0.4, -0.2) is 30.6 Å². The summed E-state index contributed by atoms with van der Waals surface area (Å²) < 4.78 is 0. The minimum absolute atomic E-state index is 0.631. The maximum absolute atomic E-state index is 3.74. The van der Waals surface area contributed by atoms with Crippen LogP contribution in [0.15, 0.2) is 63.6 Å². The van der Waals surface area contributed by atoms with Crippen molar-refractivity contribution >= 4 is 11.8 Å². The lowest BCUT2D eigenvalue weighted by Gasteiger charge is -2.39. The Morgan fingerprint density at radius 3 is 3.00 bits per heavy atom. The van der Waals surface area contributed by atoms with Crippen molar-refractivity contribution in [3.8, 4) is 0 Å². The maximum Gasteiger partial charge on any atom is 0.0565 e. The van der Waals surface area contributed by atoms with E-state index in [1.165, 1.54) is 37.7 Å². The summed E-state index contributed by atoms with van der Waals surface area (Å²) in [5.74, 6) is 0.715. The minimum atomic E-state index is 0.631. The maximum atomic E-state index is 3.74. The molecule has 0 saturated carbocycles. The lowest BCUT2D eigenvalue weighted by atomic mass is 9.83. The summed E-state index contributed by atoms with van der Waals surface area (Å²) in [5.41, 5.74) is 6.50. The summed E-state index contributed by atoms with van der Waals surface area (Å²) in [7, 11) is 0. The van der Waals surface area contributed by atoms with E-state index in [0.29, 0.717) is 12.0 Å². The minimum Gasteiger partial charge on any atom is -0.360 e. The molecule has 5 rings (SSSR count). The number of hydrogen-bond acceptors (Lipinski definition) is 3. The van der Waals surface area contributed by atoms with Gasteiger partial charge in [0.2, 0.25) is 0 Å². The molecule has 1 aromatic carbocycles. The van der Waals surface area contributed by atoms with E-state index in [0.717, 1.165) is 19.6 Å². The van der Waals surface area contributed by atoms with Gasteiger partial charge in [-0.05, 0) is 60.1 Å². The highest BCUT2D eigenvalue weighted by Gasteiger charge is 2.43. The Kier molecular flexibility index (Phi) is 4.23. The van der Waals surface area contributed by atoms with E-state index < -0.39 is 0 Å². The highest BCUT2D eigenvalue weighted by atomic mass is 32.2. The molecule has 2 unspecified atom stereocenters. The monoisotopic (exact) mass is 350 g/mol. The average Bonchev–Trinajstić information content (AvgIpc) is 2.84. The van der Waals surface area contributed by atoms with E-state index in [1.807, 2.05) is 11.8 Å². The van der Waals surface area contributed by atoms with Gasteiger partial charge in [-0.25, -0.2) is 0 Å². The van der Waals surface area contributed by atoms with Crippen LogP contribution in [0.2, 0.25) is 0 Å². The van der Waals surface area contributed by atoms with Crippen LogP contribution in [0.3, 0.4) is 0 Å². The van der Waals surface area contributed by atoms with Crippen LogP contribution >= 0.6 is 11.8 Å². The first-order valence-corrected chi connectivity index (χ1v) is 10.6. The molecule has 0 amide bonds. The van der Waals surface area contributed by atoms with Crippen molar-refractivity contribution in [2.75, 3.05) is 19.6 Å². The van der Waals surface area contributed by atoms with Crippen molar-refractivity contribution in [2.45, 2.75) is 38.1 Å². The highest BCUT2D eigenvalue weighted by molar-refractivity contribution is 8.05. The Balaban J connectivity index is 1.45. The molecular weight excluding hydrogens is 324 g/mol. The van der Waals surface area contributed by atoms with E-state index in [-0.39, 0.29) is 0 Å². The normalized spacial score (nSPS) is 28.1. The predicted octanol–water partition coefficient (Wildman–Crippen LogP) is 4.48. The van der Waals surface area contributed by atoms with Gasteiger partial charge in [-0.2, -0.15) is 0 Å². The van der Waals surface area contributed by atoms with Crippen LogP contribution in [0.25, 0.3) is 0 Å². The van der Waals surface area contributed by atoms with Gasteiger partial charge in [0, 0.05) is 24.5 Å². The van der Waals surface area contributed by atoms with E-state index >= 15 is 0 Å². The van der Waals surface area contributed by atoms with Crippen LogP contribution in [0.5, 0.6) is 0 Å². The van der Waals surface area contributed by atoms with Gasteiger partial charge in [-0.15, -0.1) is 11.8 Å². The zero-order chi connectivity index (χ0) is 16.6. The first-order valence-electron chi connectivity index (χ1n) is 9.70. The lowest BCUT2D eigenvalue weighted by Crippen LogP contribution is -2.48. The Bertz CT molecular complexity index is 747. The van der Waals surface area contributed by atoms with Gasteiger partial charge >= 0.3 is 0 Å². The number of fused-ring (bicyclic) bond motifs is 2. The summed E-state index contributed by atoms with van der Waals surface area (Å²) in [4.78, 5) is 4.38. The fraction of sp³-hybridized carbons (Fsp3) is 0.455. The summed E-state index contributed by atoms with van der Waals surface area (Å²) in [6.07, 6.45) is 8.72. The third-order valence-corrected chi connectivity index (χ3v) is 7.18. The van der Waals surface area contributed by atoms with E-state index in [4.69, 9.17) is 0 Å². The zero-order valence-electron chi connectivity index (χ0n) is 14.7. The van der Waals surface area contributed by atoms with Crippen molar-refractivity contribution in [1.82, 2.24) is 10.2 Å². The van der Waals surface area contributed by atoms with E-state index in [9.17, 15) is 0 Å². The third kappa shape index (κ3) is 2.78. The lowest BCUT2D eigenvalue weighted by molar-refractivity contribution is 0.215. The fourth-order valence-electron chi connectivity index (χ4n) is 5.10. The fourth-order valence-corrected chi connectivity index (χ4v) is 6.06. The molecule has 0 aromatic heterocycles. The van der Waals surface area contributed by atoms with Crippen molar-refractivity contribution in [3.63, 3.8) is 0 Å². The predicted molar refractivity (Wildman–Crippen MR) is 106 cm³/mol. The number of aryl methyl sites for hydroxylation is 1. The van der Waals surface area contributed by atoms with Crippen molar-refractivity contribution < 1.29 is 0 Å². The van der Waals surface area contributed by atoms with Gasteiger partial charge in [0.15, 0.2) is 0 Å². The number of rotatable bonds is 3. The highest BCUT2D eigenvalue weighted by Crippen LogP contribution is 2.49. The molecule has 2 nitrogen and oxygen atoms in total. The Labute approximate surface area is 155 Å². The van der Waals surface area contributed by atoms with Gasteiger partial charge < -0.3 is 10.2 Å². The van der Waals surface area contributed by atoms with Gasteiger partial charge in [0.25, 0.3) is 0 Å². The van der Waals surface area contributed by atoms with E-state index in [1.54, 1.807) is 21.7 Å². The molecule has 130 valence electrons. The van der Waals surface area contributed by atoms with E-state index in [2.05, 4.69) is 52.0 Å². The van der Waals surface area contributed by atoms with Crippen LogP contribution in [0, 0.1) is 5.92 Å². The summed E-state index contributed by atoms with van der Waals surface area (Å²) >= 11 is 1.98. The first-order chi connectivity index (χ1) is 12.4. The average molecular weight is 351 g/mol. The number of benzene rings is 1. The van der Waals surface area contributed by atoms with Crippen LogP contribution in [0.4, 0.5) is 0 Å². The Hall–Kier alpha value is -1.45. The molecule has 3 heteroatoms. The summed E-state index contributed by atoms with van der Waals surface area (Å²) in [6.45, 7) is 3.35. The smallest absolute Gasteiger partial charge is 0.0565 e. The molecular formula is C22H26N2S. The van der Waals surface area contributed by atoms with Crippen LogP contribution in [0.1, 0.15) is 31.2 Å². The van der Waals surface area contributed by atoms with Gasteiger partial charge in [-0.3, -0.25) is 0 Å². The van der Waals surface area contributed by atoms with Gasteiger partial charge in [0.05, 0.1) is 11.7 Å². The second-order valence-electron chi connectivity index (χ2n) is 7.63. The molecule has 1 aliphatic carbocycles. The van der Waals surface area contributed by atoms with Crippen LogP contribution in [-0.2, 0) is 6.42 Å². The number of allylic oxidation sites excluding steroid dienone is 2. The Morgan fingerprint density at radius 1 is 1.16 bits per heavy atom. The molecule has 0 spiro atoms. The second kappa shape index (κ2) is 6.69. The summed E-state index contributed by atoms with van der Waals surface area (Å²) in [6, 6.07) is 11.6. The summed E-state index contributed by atoms with van der Waals surface area (Å²) in [5, 5.41) is 6.06. The molecule has 1 N–H and O–H groups in total. The molecule has 0 radical (unpaired) electrons. The molecule has 25 heavy (non-hydrogen) atoms. The molecule has 3 aliphatic heterocycles. The number of piperidine rings is 1. The largest absolute Gasteiger partial charge is 0.360 e. The molecule has 1 fully saturated rings. The molecule has 0 bridgehead atoms.